The van der Waals surface area contributed by atoms with Crippen LogP contribution >= 0.6 is 0 Å². The highest BCUT2D eigenvalue weighted by atomic mass is 16.1. The molecule has 5 heteroatoms. The van der Waals surface area contributed by atoms with Crippen LogP contribution in [0.1, 0.15) is 45.4 Å². The smallest absolute Gasteiger partial charge is 0.239 e. The molecular weight excluding hydrogens is 252 g/mol. The van der Waals surface area contributed by atoms with Gasteiger partial charge in [0.2, 0.25) is 5.91 Å². The number of hydrogen-bond donors (Lipinski definition) is 2. The van der Waals surface area contributed by atoms with Gasteiger partial charge in [-0.1, -0.05) is 13.8 Å². The molecule has 0 bridgehead atoms. The van der Waals surface area contributed by atoms with Gasteiger partial charge in [-0.15, -0.1) is 0 Å². The maximum absolute atomic E-state index is 12.1. The van der Waals surface area contributed by atoms with Gasteiger partial charge >= 0.3 is 0 Å². The first-order chi connectivity index (χ1) is 9.64. The van der Waals surface area contributed by atoms with Crippen LogP contribution in [0.3, 0.4) is 0 Å². The van der Waals surface area contributed by atoms with Crippen molar-refractivity contribution in [2.24, 2.45) is 11.7 Å². The zero-order chi connectivity index (χ0) is 14.6. The Hall–Kier alpha value is -1.36. The van der Waals surface area contributed by atoms with E-state index in [2.05, 4.69) is 28.7 Å². The van der Waals surface area contributed by atoms with Crippen LogP contribution in [0.15, 0.2) is 12.4 Å². The predicted octanol–water partition coefficient (Wildman–Crippen LogP) is 1.47. The number of hydrogen-bond acceptors (Lipinski definition) is 3. The molecule has 1 atom stereocenters. The molecule has 0 spiro atoms. The monoisotopic (exact) mass is 278 g/mol. The summed E-state index contributed by atoms with van der Waals surface area (Å²) in [5, 5.41) is 3.43. The number of nitrogens with zero attached hydrogens (tertiary/aromatic N) is 2. The van der Waals surface area contributed by atoms with E-state index in [0.29, 0.717) is 12.5 Å². The summed E-state index contributed by atoms with van der Waals surface area (Å²) in [5.41, 5.74) is 5.15. The third-order valence-corrected chi connectivity index (χ3v) is 4.10. The molecule has 5 nitrogen and oxygen atoms in total. The van der Waals surface area contributed by atoms with Crippen LogP contribution in [0.4, 0.5) is 0 Å². The van der Waals surface area contributed by atoms with Crippen molar-refractivity contribution in [2.45, 2.75) is 58.0 Å². The molecule has 1 aromatic heterocycles. The topological polar surface area (TPSA) is 72.9 Å². The van der Waals surface area contributed by atoms with Crippen LogP contribution in [0.25, 0.3) is 0 Å². The van der Waals surface area contributed by atoms with Crippen molar-refractivity contribution in [3.8, 4) is 0 Å². The van der Waals surface area contributed by atoms with Crippen LogP contribution in [0.5, 0.6) is 0 Å². The number of aryl methyl sites for hydroxylation is 1. The van der Waals surface area contributed by atoms with Gasteiger partial charge in [0.05, 0.1) is 6.54 Å². The predicted molar refractivity (Wildman–Crippen MR) is 79.2 cm³/mol. The van der Waals surface area contributed by atoms with Gasteiger partial charge in [-0.2, -0.15) is 0 Å². The van der Waals surface area contributed by atoms with Crippen molar-refractivity contribution < 1.29 is 4.79 Å². The summed E-state index contributed by atoms with van der Waals surface area (Å²) >= 11 is 0. The van der Waals surface area contributed by atoms with E-state index in [1.165, 1.54) is 0 Å². The molecule has 1 aliphatic rings. The van der Waals surface area contributed by atoms with E-state index in [9.17, 15) is 4.79 Å². The Kier molecular flexibility index (Phi) is 4.81. The van der Waals surface area contributed by atoms with Gasteiger partial charge in [-0.05, 0) is 38.1 Å². The number of nitrogens with two attached hydrogens (primary N) is 1. The summed E-state index contributed by atoms with van der Waals surface area (Å²) in [7, 11) is 0. The van der Waals surface area contributed by atoms with Crippen molar-refractivity contribution in [3.05, 3.63) is 18.2 Å². The molecule has 1 saturated carbocycles. The first kappa shape index (κ1) is 15.0. The van der Waals surface area contributed by atoms with E-state index in [4.69, 9.17) is 5.73 Å². The van der Waals surface area contributed by atoms with E-state index in [-0.39, 0.29) is 5.91 Å². The van der Waals surface area contributed by atoms with E-state index in [0.717, 1.165) is 44.5 Å². The van der Waals surface area contributed by atoms with Crippen molar-refractivity contribution in [2.75, 3.05) is 6.54 Å². The number of carbonyl (C=O) groups is 1. The molecule has 1 aliphatic carbocycles. The van der Waals surface area contributed by atoms with Crippen molar-refractivity contribution in [1.29, 1.82) is 0 Å². The average Bonchev–Trinajstić information content (AvgIpc) is 3.18. The number of nitrogens with one attached hydrogen (secondary N) is 1. The quantitative estimate of drug-likeness (QED) is 0.718. The van der Waals surface area contributed by atoms with Gasteiger partial charge in [0.15, 0.2) is 0 Å². The fourth-order valence-corrected chi connectivity index (χ4v) is 2.82. The Bertz CT molecular complexity index is 452. The molecule has 3 N–H and O–H groups in total. The van der Waals surface area contributed by atoms with Gasteiger partial charge in [0, 0.05) is 18.8 Å². The molecule has 2 rings (SSSR count). The molecule has 1 unspecified atom stereocenters. The van der Waals surface area contributed by atoms with Crippen LogP contribution in [0.2, 0.25) is 0 Å². The normalized spacial score (nSPS) is 17.9. The number of amides is 1. The second kappa shape index (κ2) is 6.39. The van der Waals surface area contributed by atoms with E-state index < -0.39 is 5.54 Å². The van der Waals surface area contributed by atoms with Gasteiger partial charge in [-0.25, -0.2) is 4.98 Å². The number of primary amides is 1. The van der Waals surface area contributed by atoms with Crippen molar-refractivity contribution >= 4 is 5.91 Å². The zero-order valence-corrected chi connectivity index (χ0v) is 12.6. The largest absolute Gasteiger partial charge is 0.368 e. The summed E-state index contributed by atoms with van der Waals surface area (Å²) < 4.78 is 2.09. The molecule has 1 fully saturated rings. The van der Waals surface area contributed by atoms with E-state index in [1.54, 1.807) is 0 Å². The summed E-state index contributed by atoms with van der Waals surface area (Å²) in [5.74, 6) is 1.17. The summed E-state index contributed by atoms with van der Waals surface area (Å²) in [6.07, 6.45) is 8.90. The molecule has 0 saturated heterocycles. The highest BCUT2D eigenvalue weighted by Crippen LogP contribution is 2.40. The Morgan fingerprint density at radius 1 is 1.50 bits per heavy atom. The number of rotatable bonds is 9. The first-order valence-electron chi connectivity index (χ1n) is 7.69. The van der Waals surface area contributed by atoms with E-state index in [1.807, 2.05) is 12.4 Å². The molecule has 0 aromatic carbocycles. The molecule has 0 aliphatic heterocycles. The molecule has 1 heterocycles. The summed E-state index contributed by atoms with van der Waals surface area (Å²) in [4.78, 5) is 16.5. The Morgan fingerprint density at radius 2 is 2.25 bits per heavy atom. The van der Waals surface area contributed by atoms with Crippen LogP contribution in [0, 0.1) is 5.92 Å². The highest BCUT2D eigenvalue weighted by Gasteiger charge is 2.49. The minimum Gasteiger partial charge on any atom is -0.368 e. The van der Waals surface area contributed by atoms with Gasteiger partial charge in [0.1, 0.15) is 11.4 Å². The van der Waals surface area contributed by atoms with Gasteiger partial charge in [0.25, 0.3) is 0 Å². The molecular formula is C15H26N4O. The molecule has 112 valence electrons. The number of aromatic nitrogens is 2. The lowest BCUT2D eigenvalue weighted by molar-refractivity contribution is -0.126. The fraction of sp³-hybridized carbons (Fsp3) is 0.733. The molecule has 1 aromatic rings. The SMILES string of the molecule is CCCNC(Cn1ccnc1CCC)(C(N)=O)C1CC1. The average molecular weight is 278 g/mol. The van der Waals surface area contributed by atoms with Crippen molar-refractivity contribution in [3.63, 3.8) is 0 Å². The Morgan fingerprint density at radius 3 is 2.80 bits per heavy atom. The fourth-order valence-electron chi connectivity index (χ4n) is 2.82. The van der Waals surface area contributed by atoms with Crippen LogP contribution in [-0.4, -0.2) is 27.5 Å². The Balaban J connectivity index is 2.22. The van der Waals surface area contributed by atoms with Gasteiger partial charge in [-0.3, -0.25) is 4.79 Å². The van der Waals surface area contributed by atoms with E-state index >= 15 is 0 Å². The summed E-state index contributed by atoms with van der Waals surface area (Å²) in [6, 6.07) is 0. The molecule has 0 radical (unpaired) electrons. The number of carbonyl (C=O) groups excluding carboxylic acids is 1. The third kappa shape index (κ3) is 3.03. The zero-order valence-electron chi connectivity index (χ0n) is 12.6. The van der Waals surface area contributed by atoms with Crippen LogP contribution in [-0.2, 0) is 17.8 Å². The molecule has 1 amide bonds. The summed E-state index contributed by atoms with van der Waals surface area (Å²) in [6.45, 7) is 5.65. The number of imidazole rings is 1. The van der Waals surface area contributed by atoms with Gasteiger partial charge < -0.3 is 15.6 Å². The van der Waals surface area contributed by atoms with Crippen molar-refractivity contribution in [1.82, 2.24) is 14.9 Å². The standard InChI is InChI=1S/C15H26N4O/c1-3-5-13-17-9-10-19(13)11-15(14(16)20,12-6-7-12)18-8-4-2/h9-10,12,18H,3-8,11H2,1-2H3,(H2,16,20). The Labute approximate surface area is 120 Å². The van der Waals surface area contributed by atoms with Crippen LogP contribution < -0.4 is 11.1 Å². The lowest BCUT2D eigenvalue weighted by Gasteiger charge is -2.33. The second-order valence-electron chi connectivity index (χ2n) is 5.76. The third-order valence-electron chi connectivity index (χ3n) is 4.10. The lowest BCUT2D eigenvalue weighted by atomic mass is 9.91. The lowest BCUT2D eigenvalue weighted by Crippen LogP contribution is -2.60. The minimum absolute atomic E-state index is 0.232. The highest BCUT2D eigenvalue weighted by molar-refractivity contribution is 5.85. The second-order valence-corrected chi connectivity index (χ2v) is 5.76. The maximum Gasteiger partial charge on any atom is 0.239 e. The first-order valence-corrected chi connectivity index (χ1v) is 7.69. The molecule has 20 heavy (non-hydrogen) atoms. The minimum atomic E-state index is -0.612. The maximum atomic E-state index is 12.1.